The van der Waals surface area contributed by atoms with Gasteiger partial charge in [0, 0.05) is 10.2 Å². The van der Waals surface area contributed by atoms with Gasteiger partial charge in [-0.1, -0.05) is 28.1 Å². The van der Waals surface area contributed by atoms with Crippen LogP contribution in [0.2, 0.25) is 0 Å². The van der Waals surface area contributed by atoms with Crippen molar-refractivity contribution >= 4 is 44.8 Å². The molecule has 2 aromatic rings. The monoisotopic (exact) mass is 257 g/mol. The standard InChI is InChI=1S/C10H8BrN.ClH/c11-9-3-1-8-6-10(12)4-2-7(8)5-9;/h1-6H,12H2;1H. The van der Waals surface area contributed by atoms with Crippen molar-refractivity contribution in [3.63, 3.8) is 0 Å². The van der Waals surface area contributed by atoms with E-state index in [9.17, 15) is 0 Å². The van der Waals surface area contributed by atoms with Crippen molar-refractivity contribution in [2.24, 2.45) is 0 Å². The lowest BCUT2D eigenvalue weighted by molar-refractivity contribution is 1.69. The quantitative estimate of drug-likeness (QED) is 0.718. The second kappa shape index (κ2) is 3.99. The van der Waals surface area contributed by atoms with Crippen molar-refractivity contribution in [3.8, 4) is 0 Å². The van der Waals surface area contributed by atoms with E-state index in [1.165, 1.54) is 10.8 Å². The first kappa shape index (κ1) is 10.4. The molecule has 0 spiro atoms. The van der Waals surface area contributed by atoms with Crippen molar-refractivity contribution in [1.82, 2.24) is 0 Å². The van der Waals surface area contributed by atoms with Crippen LogP contribution in [0.3, 0.4) is 0 Å². The molecule has 0 aliphatic carbocycles. The third-order valence-electron chi connectivity index (χ3n) is 1.83. The van der Waals surface area contributed by atoms with Crippen LogP contribution in [0.1, 0.15) is 0 Å². The fraction of sp³-hybridized carbons (Fsp3) is 0. The number of rotatable bonds is 0. The summed E-state index contributed by atoms with van der Waals surface area (Å²) in [6, 6.07) is 12.1. The SMILES string of the molecule is Cl.Nc1ccc2cc(Br)ccc2c1. The van der Waals surface area contributed by atoms with Crippen LogP contribution in [0.5, 0.6) is 0 Å². The van der Waals surface area contributed by atoms with E-state index >= 15 is 0 Å². The lowest BCUT2D eigenvalue weighted by Crippen LogP contribution is -1.83. The Kier molecular flexibility index (Phi) is 3.17. The third kappa shape index (κ3) is 2.14. The fourth-order valence-electron chi connectivity index (χ4n) is 1.24. The number of benzene rings is 2. The van der Waals surface area contributed by atoms with Crippen LogP contribution >= 0.6 is 28.3 Å². The van der Waals surface area contributed by atoms with Crippen molar-refractivity contribution in [2.75, 3.05) is 5.73 Å². The smallest absolute Gasteiger partial charge is 0.0320 e. The average molecular weight is 259 g/mol. The van der Waals surface area contributed by atoms with Crippen LogP contribution in [0, 0.1) is 0 Å². The minimum absolute atomic E-state index is 0. The highest BCUT2D eigenvalue weighted by Gasteiger charge is 1.93. The first-order valence-corrected chi connectivity index (χ1v) is 4.50. The Balaban J connectivity index is 0.000000845. The molecule has 0 unspecified atom stereocenters. The Morgan fingerprint density at radius 2 is 1.54 bits per heavy atom. The summed E-state index contributed by atoms with van der Waals surface area (Å²) in [5, 5.41) is 2.39. The van der Waals surface area contributed by atoms with Gasteiger partial charge in [0.25, 0.3) is 0 Å². The molecule has 0 fully saturated rings. The van der Waals surface area contributed by atoms with Gasteiger partial charge in [-0.2, -0.15) is 0 Å². The summed E-state index contributed by atoms with van der Waals surface area (Å²) in [6.07, 6.45) is 0. The summed E-state index contributed by atoms with van der Waals surface area (Å²) in [7, 11) is 0. The largest absolute Gasteiger partial charge is 0.399 e. The van der Waals surface area contributed by atoms with Gasteiger partial charge in [0.15, 0.2) is 0 Å². The minimum atomic E-state index is 0. The van der Waals surface area contributed by atoms with E-state index < -0.39 is 0 Å². The number of anilines is 1. The van der Waals surface area contributed by atoms with Gasteiger partial charge in [-0.25, -0.2) is 0 Å². The van der Waals surface area contributed by atoms with Crippen molar-refractivity contribution in [3.05, 3.63) is 40.9 Å². The molecule has 2 rings (SSSR count). The predicted octanol–water partition coefficient (Wildman–Crippen LogP) is 3.61. The topological polar surface area (TPSA) is 26.0 Å². The summed E-state index contributed by atoms with van der Waals surface area (Å²) in [4.78, 5) is 0. The maximum atomic E-state index is 5.65. The Morgan fingerprint density at radius 3 is 2.31 bits per heavy atom. The van der Waals surface area contributed by atoms with Crippen LogP contribution in [0.25, 0.3) is 10.8 Å². The molecular weight excluding hydrogens is 249 g/mol. The Morgan fingerprint density at radius 1 is 0.923 bits per heavy atom. The maximum Gasteiger partial charge on any atom is 0.0320 e. The number of nitrogens with two attached hydrogens (primary N) is 1. The van der Waals surface area contributed by atoms with Gasteiger partial charge in [-0.3, -0.25) is 0 Å². The molecule has 0 heterocycles. The fourth-order valence-corrected chi connectivity index (χ4v) is 1.61. The second-order valence-corrected chi connectivity index (χ2v) is 3.67. The molecule has 2 N–H and O–H groups in total. The van der Waals surface area contributed by atoms with Crippen LogP contribution in [-0.4, -0.2) is 0 Å². The zero-order valence-electron chi connectivity index (χ0n) is 6.83. The molecule has 13 heavy (non-hydrogen) atoms. The first-order chi connectivity index (χ1) is 5.75. The predicted molar refractivity (Wildman–Crippen MR) is 63.3 cm³/mol. The minimum Gasteiger partial charge on any atom is -0.399 e. The Hall–Kier alpha value is -0.730. The third-order valence-corrected chi connectivity index (χ3v) is 2.32. The van der Waals surface area contributed by atoms with Gasteiger partial charge >= 0.3 is 0 Å². The first-order valence-electron chi connectivity index (χ1n) is 3.70. The van der Waals surface area contributed by atoms with E-state index in [0.717, 1.165) is 10.2 Å². The molecule has 0 bridgehead atoms. The van der Waals surface area contributed by atoms with Gasteiger partial charge in [0.2, 0.25) is 0 Å². The van der Waals surface area contributed by atoms with E-state index in [4.69, 9.17) is 5.73 Å². The van der Waals surface area contributed by atoms with Gasteiger partial charge in [0.1, 0.15) is 0 Å². The van der Waals surface area contributed by atoms with Gasteiger partial charge in [-0.15, -0.1) is 12.4 Å². The van der Waals surface area contributed by atoms with E-state index in [-0.39, 0.29) is 12.4 Å². The van der Waals surface area contributed by atoms with Crippen LogP contribution < -0.4 is 5.73 Å². The number of fused-ring (bicyclic) bond motifs is 1. The summed E-state index contributed by atoms with van der Waals surface area (Å²) >= 11 is 3.42. The highest BCUT2D eigenvalue weighted by Crippen LogP contribution is 2.21. The molecule has 0 saturated carbocycles. The maximum absolute atomic E-state index is 5.65. The van der Waals surface area contributed by atoms with Crippen LogP contribution in [0.15, 0.2) is 40.9 Å². The number of halogens is 2. The highest BCUT2D eigenvalue weighted by molar-refractivity contribution is 9.10. The molecule has 3 heteroatoms. The average Bonchev–Trinajstić information content (AvgIpc) is 2.05. The second-order valence-electron chi connectivity index (χ2n) is 2.75. The number of hydrogen-bond acceptors (Lipinski definition) is 1. The van der Waals surface area contributed by atoms with E-state index in [2.05, 4.69) is 28.1 Å². The molecule has 0 radical (unpaired) electrons. The molecular formula is C10H9BrClN. The summed E-state index contributed by atoms with van der Waals surface area (Å²) in [5.41, 5.74) is 6.46. The molecule has 0 aliphatic rings. The lowest BCUT2D eigenvalue weighted by atomic mass is 10.1. The van der Waals surface area contributed by atoms with Crippen LogP contribution in [-0.2, 0) is 0 Å². The molecule has 1 nitrogen and oxygen atoms in total. The van der Waals surface area contributed by atoms with Crippen LogP contribution in [0.4, 0.5) is 5.69 Å². The van der Waals surface area contributed by atoms with Crippen molar-refractivity contribution in [1.29, 1.82) is 0 Å². The molecule has 0 aromatic heterocycles. The molecule has 0 aliphatic heterocycles. The molecule has 68 valence electrons. The summed E-state index contributed by atoms with van der Waals surface area (Å²) in [5.74, 6) is 0. The zero-order valence-corrected chi connectivity index (χ0v) is 9.23. The molecule has 2 aromatic carbocycles. The van der Waals surface area contributed by atoms with Gasteiger partial charge < -0.3 is 5.73 Å². The van der Waals surface area contributed by atoms with E-state index in [1.54, 1.807) is 0 Å². The summed E-state index contributed by atoms with van der Waals surface area (Å²) in [6.45, 7) is 0. The Bertz CT molecular complexity index is 387. The highest BCUT2D eigenvalue weighted by atomic mass is 79.9. The molecule has 0 saturated heterocycles. The number of nitrogen functional groups attached to an aromatic ring is 1. The van der Waals surface area contributed by atoms with E-state index in [1.807, 2.05) is 24.3 Å². The van der Waals surface area contributed by atoms with Crippen molar-refractivity contribution < 1.29 is 0 Å². The lowest BCUT2D eigenvalue weighted by Gasteiger charge is -1.99. The molecule has 0 atom stereocenters. The van der Waals surface area contributed by atoms with Crippen molar-refractivity contribution in [2.45, 2.75) is 0 Å². The molecule has 0 amide bonds. The van der Waals surface area contributed by atoms with Gasteiger partial charge in [0.05, 0.1) is 0 Å². The van der Waals surface area contributed by atoms with Gasteiger partial charge in [-0.05, 0) is 35.0 Å². The normalized spacial score (nSPS) is 9.62. The van der Waals surface area contributed by atoms with E-state index in [0.29, 0.717) is 0 Å². The zero-order chi connectivity index (χ0) is 8.55. The Labute approximate surface area is 91.5 Å². The summed E-state index contributed by atoms with van der Waals surface area (Å²) < 4.78 is 1.10. The number of hydrogen-bond donors (Lipinski definition) is 1.